The van der Waals surface area contributed by atoms with Crippen LogP contribution in [0.15, 0.2) is 109 Å². The van der Waals surface area contributed by atoms with Gasteiger partial charge in [0, 0.05) is 35.1 Å². The first-order chi connectivity index (χ1) is 19.8. The van der Waals surface area contributed by atoms with Crippen molar-refractivity contribution in [3.05, 3.63) is 126 Å². The van der Waals surface area contributed by atoms with Crippen molar-refractivity contribution in [1.29, 1.82) is 0 Å². The largest absolute Gasteiger partial charge is 0.355 e. The van der Waals surface area contributed by atoms with E-state index in [1.54, 1.807) is 0 Å². The van der Waals surface area contributed by atoms with Crippen molar-refractivity contribution in [3.8, 4) is 5.82 Å². The monoisotopic (exact) mass is 536 g/mol. The maximum absolute atomic E-state index is 4.85. The van der Waals surface area contributed by atoms with Crippen LogP contribution >= 0.6 is 0 Å². The molecule has 0 fully saturated rings. The third-order valence-electron chi connectivity index (χ3n) is 8.88. The highest BCUT2D eigenvalue weighted by molar-refractivity contribution is 6.09. The van der Waals surface area contributed by atoms with Gasteiger partial charge in [-0.1, -0.05) is 82.3 Å². The molecule has 0 saturated carbocycles. The van der Waals surface area contributed by atoms with Crippen LogP contribution in [0.2, 0.25) is 0 Å². The first-order valence-electron chi connectivity index (χ1n) is 14.5. The maximum Gasteiger partial charge on any atom is 0.137 e. The van der Waals surface area contributed by atoms with Crippen LogP contribution in [-0.4, -0.2) is 23.3 Å². The summed E-state index contributed by atoms with van der Waals surface area (Å²) < 4.78 is 2.34. The Hall–Kier alpha value is -4.57. The van der Waals surface area contributed by atoms with E-state index in [1.807, 2.05) is 6.20 Å². The molecule has 3 heterocycles. The van der Waals surface area contributed by atoms with Crippen LogP contribution in [0.4, 0.5) is 17.1 Å². The molecule has 0 atom stereocenters. The van der Waals surface area contributed by atoms with E-state index in [4.69, 9.17) is 4.98 Å². The zero-order valence-electron chi connectivity index (χ0n) is 24.5. The summed E-state index contributed by atoms with van der Waals surface area (Å²) in [5.74, 6) is 1.41. The summed E-state index contributed by atoms with van der Waals surface area (Å²) in [7, 11) is 2.16. The summed E-state index contributed by atoms with van der Waals surface area (Å²) in [6.07, 6.45) is 1.94. The Morgan fingerprint density at radius 3 is 2.27 bits per heavy atom. The molecule has 0 amide bonds. The van der Waals surface area contributed by atoms with E-state index in [0.29, 0.717) is 5.92 Å². The molecule has 0 aliphatic carbocycles. The standard InChI is InChI=1S/C37H36N4/c1-25(2)26-19-20-38-36(21-26)41-32-14-7-6-13-30(32)31-18-17-28(23-35(31)41)37(3,4)27-11-10-12-29(22-27)40-24-39(5)33-15-8-9-16-34(33)40/h6-23,25H,24H2,1-5H3. The topological polar surface area (TPSA) is 24.3 Å². The van der Waals surface area contributed by atoms with Gasteiger partial charge in [-0.05, 0) is 71.1 Å². The molecule has 0 spiro atoms. The fraction of sp³-hybridized carbons (Fsp3) is 0.216. The molecule has 0 N–H and O–H groups in total. The highest BCUT2D eigenvalue weighted by atomic mass is 15.4. The summed E-state index contributed by atoms with van der Waals surface area (Å²) in [5.41, 5.74) is 9.79. The first-order valence-corrected chi connectivity index (χ1v) is 14.5. The molecule has 0 unspecified atom stereocenters. The molecule has 4 heteroatoms. The van der Waals surface area contributed by atoms with Gasteiger partial charge in [0.25, 0.3) is 0 Å². The summed E-state index contributed by atoms with van der Waals surface area (Å²) in [6, 6.07) is 37.7. The predicted octanol–water partition coefficient (Wildman–Crippen LogP) is 9.17. The van der Waals surface area contributed by atoms with Crippen LogP contribution < -0.4 is 9.80 Å². The third kappa shape index (κ3) is 4.09. The number of hydrogen-bond acceptors (Lipinski definition) is 3. The van der Waals surface area contributed by atoms with E-state index in [0.717, 1.165) is 12.5 Å². The fourth-order valence-corrected chi connectivity index (χ4v) is 6.35. The second-order valence-electron chi connectivity index (χ2n) is 12.1. The minimum absolute atomic E-state index is 0.205. The number of pyridine rings is 1. The second kappa shape index (κ2) is 9.52. The maximum atomic E-state index is 4.85. The van der Waals surface area contributed by atoms with E-state index in [-0.39, 0.29) is 5.41 Å². The molecule has 4 nitrogen and oxygen atoms in total. The number of rotatable bonds is 5. The molecule has 0 saturated heterocycles. The molecule has 1 aliphatic rings. The Kier molecular flexibility index (Phi) is 5.90. The van der Waals surface area contributed by atoms with Crippen molar-refractivity contribution in [3.63, 3.8) is 0 Å². The number of nitrogens with zero attached hydrogens (tertiary/aromatic N) is 4. The molecule has 7 rings (SSSR count). The van der Waals surface area contributed by atoms with Gasteiger partial charge in [-0.2, -0.15) is 0 Å². The van der Waals surface area contributed by atoms with Gasteiger partial charge in [-0.15, -0.1) is 0 Å². The van der Waals surface area contributed by atoms with E-state index in [1.165, 1.54) is 55.6 Å². The molecule has 41 heavy (non-hydrogen) atoms. The van der Waals surface area contributed by atoms with Gasteiger partial charge >= 0.3 is 0 Å². The summed E-state index contributed by atoms with van der Waals surface area (Å²) in [4.78, 5) is 9.56. The number of anilines is 3. The average Bonchev–Trinajstić information content (AvgIpc) is 3.52. The van der Waals surface area contributed by atoms with Gasteiger partial charge in [0.15, 0.2) is 0 Å². The van der Waals surface area contributed by atoms with Gasteiger partial charge in [0.2, 0.25) is 0 Å². The number of aromatic nitrogens is 2. The zero-order valence-corrected chi connectivity index (χ0v) is 24.5. The van der Waals surface area contributed by atoms with Crippen LogP contribution in [0.1, 0.15) is 50.3 Å². The number of para-hydroxylation sites is 3. The van der Waals surface area contributed by atoms with Crippen molar-refractivity contribution in [1.82, 2.24) is 9.55 Å². The summed E-state index contributed by atoms with van der Waals surface area (Å²) in [6.45, 7) is 9.98. The van der Waals surface area contributed by atoms with E-state index in [9.17, 15) is 0 Å². The Labute approximate surface area is 242 Å². The highest BCUT2D eigenvalue weighted by Gasteiger charge is 2.28. The van der Waals surface area contributed by atoms with Gasteiger partial charge in [-0.3, -0.25) is 4.57 Å². The molecular formula is C37H36N4. The smallest absolute Gasteiger partial charge is 0.137 e. The summed E-state index contributed by atoms with van der Waals surface area (Å²) in [5, 5.41) is 2.50. The molecule has 1 aliphatic heterocycles. The molecule has 0 bridgehead atoms. The minimum Gasteiger partial charge on any atom is -0.355 e. The zero-order chi connectivity index (χ0) is 28.3. The molecule has 2 aromatic heterocycles. The average molecular weight is 537 g/mol. The Balaban J connectivity index is 1.36. The van der Waals surface area contributed by atoms with Crippen LogP contribution in [0.3, 0.4) is 0 Å². The fourth-order valence-electron chi connectivity index (χ4n) is 6.35. The van der Waals surface area contributed by atoms with Gasteiger partial charge in [0.05, 0.1) is 29.1 Å². The van der Waals surface area contributed by atoms with Crippen molar-refractivity contribution in [2.24, 2.45) is 0 Å². The van der Waals surface area contributed by atoms with E-state index in [2.05, 4.69) is 152 Å². The predicted molar refractivity (Wildman–Crippen MR) is 173 cm³/mol. The van der Waals surface area contributed by atoms with Gasteiger partial charge < -0.3 is 9.80 Å². The molecule has 4 aromatic carbocycles. The first kappa shape index (κ1) is 25.4. The highest BCUT2D eigenvalue weighted by Crippen LogP contribution is 2.42. The Bertz CT molecular complexity index is 1910. The molecule has 204 valence electrons. The lowest BCUT2D eigenvalue weighted by molar-refractivity contribution is 0.641. The Morgan fingerprint density at radius 1 is 0.707 bits per heavy atom. The quantitative estimate of drug-likeness (QED) is 0.219. The molecule has 6 aromatic rings. The van der Waals surface area contributed by atoms with Crippen LogP contribution in [-0.2, 0) is 5.41 Å². The van der Waals surface area contributed by atoms with Crippen LogP contribution in [0.25, 0.3) is 27.6 Å². The second-order valence-corrected chi connectivity index (χ2v) is 12.1. The number of hydrogen-bond donors (Lipinski definition) is 0. The van der Waals surface area contributed by atoms with Crippen molar-refractivity contribution in [2.45, 2.75) is 39.0 Å². The van der Waals surface area contributed by atoms with Crippen LogP contribution in [0.5, 0.6) is 0 Å². The third-order valence-corrected chi connectivity index (χ3v) is 8.88. The molecule has 0 radical (unpaired) electrons. The van der Waals surface area contributed by atoms with Gasteiger partial charge in [-0.25, -0.2) is 4.98 Å². The molecular weight excluding hydrogens is 500 g/mol. The normalized spacial score (nSPS) is 13.5. The number of benzene rings is 4. The lowest BCUT2D eigenvalue weighted by atomic mass is 9.77. The van der Waals surface area contributed by atoms with E-state index < -0.39 is 0 Å². The van der Waals surface area contributed by atoms with Crippen LogP contribution in [0, 0.1) is 0 Å². The van der Waals surface area contributed by atoms with Crippen molar-refractivity contribution in [2.75, 3.05) is 23.5 Å². The Morgan fingerprint density at radius 2 is 1.44 bits per heavy atom. The SMILES string of the molecule is CC(C)c1ccnc(-n2c3ccccc3c3ccc(C(C)(C)c4cccc(N5CN(C)c6ccccc65)c4)cc32)c1. The van der Waals surface area contributed by atoms with Crippen molar-refractivity contribution < 1.29 is 0 Å². The minimum atomic E-state index is -0.205. The van der Waals surface area contributed by atoms with E-state index >= 15 is 0 Å². The number of fused-ring (bicyclic) bond motifs is 4. The van der Waals surface area contributed by atoms with Gasteiger partial charge in [0.1, 0.15) is 5.82 Å². The van der Waals surface area contributed by atoms with Crippen molar-refractivity contribution >= 4 is 38.9 Å². The summed E-state index contributed by atoms with van der Waals surface area (Å²) >= 11 is 0. The lowest BCUT2D eigenvalue weighted by Gasteiger charge is -2.28. The lowest BCUT2D eigenvalue weighted by Crippen LogP contribution is -2.25.